The van der Waals surface area contributed by atoms with Crippen LogP contribution in [0.15, 0.2) is 42.5 Å². The van der Waals surface area contributed by atoms with Crippen molar-refractivity contribution in [3.05, 3.63) is 69.3 Å². The Kier molecular flexibility index (Phi) is 5.84. The van der Waals surface area contributed by atoms with Gasteiger partial charge in [-0.3, -0.25) is 10.1 Å². The molecule has 0 bridgehead atoms. The van der Waals surface area contributed by atoms with Crippen LogP contribution in [0, 0.1) is 24.0 Å². The minimum atomic E-state index is -1.29. The summed E-state index contributed by atoms with van der Waals surface area (Å²) in [5.41, 5.74) is 2.65. The number of rotatable bonds is 3. The van der Waals surface area contributed by atoms with Crippen molar-refractivity contribution in [2.75, 3.05) is 23.7 Å². The molecular weight excluding hydrogens is 442 g/mol. The normalized spacial score (nSPS) is 21.3. The lowest BCUT2D eigenvalue weighted by Crippen LogP contribution is -2.41. The topological polar surface area (TPSA) is 69.6 Å². The third kappa shape index (κ3) is 3.44. The monoisotopic (exact) mass is 464 g/mol. The number of aryl methyl sites for hydroxylation is 2. The lowest BCUT2D eigenvalue weighted by atomic mass is 10.0. The molecule has 2 aromatic rings. The van der Waals surface area contributed by atoms with Gasteiger partial charge in [-0.25, -0.2) is 9.48 Å². The van der Waals surface area contributed by atoms with E-state index in [1.54, 1.807) is 23.9 Å². The Labute approximate surface area is 178 Å². The molecule has 2 aliphatic heterocycles. The van der Waals surface area contributed by atoms with Gasteiger partial charge in [0, 0.05) is 23.4 Å². The molecule has 148 valence electrons. The Morgan fingerprint density at radius 1 is 1.25 bits per heavy atom. The number of non-ortho nitro benzene ring substituents is 1. The Balaban J connectivity index is 0.00000225. The van der Waals surface area contributed by atoms with Crippen molar-refractivity contribution in [1.29, 1.82) is 0 Å². The summed E-state index contributed by atoms with van der Waals surface area (Å²) in [6.45, 7) is 5.20. The summed E-state index contributed by atoms with van der Waals surface area (Å²) in [5.74, 6) is 0.998. The zero-order valence-electron chi connectivity index (χ0n) is 15.8. The Bertz CT molecular complexity index is 965. The standard InChI is InChI=1S/C20H22N3O3S.BrH/c1-14-7-8-15(2)18(11-14)21-13-20(24,22-9-4-10-27-19(21)22)16-5-3-6-17(12-16)23(25)26;/h3,5-8,11-12,24H,4,9-10,13H2,1-2H3;1H/q+1;. The van der Waals surface area contributed by atoms with Crippen LogP contribution in [0.5, 0.6) is 0 Å². The van der Waals surface area contributed by atoms with Gasteiger partial charge in [-0.1, -0.05) is 24.3 Å². The number of nitro benzene ring substituents is 1. The lowest BCUT2D eigenvalue weighted by molar-refractivity contribution is -0.656. The number of thioether (sulfide) groups is 1. The molecule has 0 spiro atoms. The zero-order chi connectivity index (χ0) is 19.2. The van der Waals surface area contributed by atoms with Crippen LogP contribution in [0.25, 0.3) is 0 Å². The van der Waals surface area contributed by atoms with Crippen LogP contribution in [0.3, 0.4) is 0 Å². The summed E-state index contributed by atoms with van der Waals surface area (Å²) < 4.78 is 2.00. The maximum atomic E-state index is 11.7. The van der Waals surface area contributed by atoms with E-state index in [1.807, 2.05) is 4.58 Å². The smallest absolute Gasteiger partial charge is 0.316 e. The van der Waals surface area contributed by atoms with Gasteiger partial charge >= 0.3 is 5.17 Å². The Morgan fingerprint density at radius 2 is 2.04 bits per heavy atom. The highest BCUT2D eigenvalue weighted by Gasteiger charge is 2.53. The fourth-order valence-electron chi connectivity index (χ4n) is 3.81. The van der Waals surface area contributed by atoms with Gasteiger partial charge in [-0.15, -0.1) is 17.0 Å². The number of aliphatic hydroxyl groups is 1. The van der Waals surface area contributed by atoms with E-state index in [2.05, 4.69) is 36.9 Å². The van der Waals surface area contributed by atoms with Gasteiger partial charge in [-0.2, -0.15) is 0 Å². The molecule has 1 N–H and O–H groups in total. The number of benzene rings is 2. The first-order valence-corrected chi connectivity index (χ1v) is 9.98. The number of hydrogen-bond donors (Lipinski definition) is 1. The minimum Gasteiger partial charge on any atom is -0.346 e. The molecule has 28 heavy (non-hydrogen) atoms. The zero-order valence-corrected chi connectivity index (χ0v) is 18.3. The molecule has 2 aromatic carbocycles. The average Bonchev–Trinajstić information content (AvgIpc) is 2.98. The lowest BCUT2D eigenvalue weighted by Gasteiger charge is -2.24. The van der Waals surface area contributed by atoms with Gasteiger partial charge in [0.15, 0.2) is 6.54 Å². The first-order chi connectivity index (χ1) is 12.9. The summed E-state index contributed by atoms with van der Waals surface area (Å²) in [6.07, 6.45) is 0.964. The Morgan fingerprint density at radius 3 is 2.79 bits per heavy atom. The van der Waals surface area contributed by atoms with Crippen LogP contribution >= 0.6 is 28.7 Å². The molecular formula is C20H23BrN3O3S+. The second-order valence-corrected chi connectivity index (χ2v) is 8.20. The second-order valence-electron chi connectivity index (χ2n) is 7.14. The predicted molar refractivity (Wildman–Crippen MR) is 118 cm³/mol. The quantitative estimate of drug-likeness (QED) is 0.422. The minimum absolute atomic E-state index is 0. The van der Waals surface area contributed by atoms with Crippen LogP contribution in [0.2, 0.25) is 0 Å². The number of nitro groups is 1. The summed E-state index contributed by atoms with van der Waals surface area (Å²) in [6, 6.07) is 12.7. The van der Waals surface area contributed by atoms with Gasteiger partial charge in [0.2, 0.25) is 0 Å². The largest absolute Gasteiger partial charge is 0.346 e. The summed E-state index contributed by atoms with van der Waals surface area (Å²) >= 11 is 1.73. The molecule has 0 aromatic heterocycles. The van der Waals surface area contributed by atoms with Crippen LogP contribution in [-0.4, -0.2) is 38.6 Å². The van der Waals surface area contributed by atoms with Crippen molar-refractivity contribution < 1.29 is 14.6 Å². The van der Waals surface area contributed by atoms with Crippen LogP contribution in [0.1, 0.15) is 23.1 Å². The van der Waals surface area contributed by atoms with Crippen molar-refractivity contribution in [2.24, 2.45) is 0 Å². The second kappa shape index (κ2) is 7.85. The van der Waals surface area contributed by atoms with E-state index >= 15 is 0 Å². The van der Waals surface area contributed by atoms with Gasteiger partial charge in [0.1, 0.15) is 5.69 Å². The van der Waals surface area contributed by atoms with Gasteiger partial charge in [0.25, 0.3) is 11.4 Å². The van der Waals surface area contributed by atoms with Crippen LogP contribution in [0.4, 0.5) is 11.4 Å². The van der Waals surface area contributed by atoms with E-state index < -0.39 is 10.6 Å². The first-order valence-electron chi connectivity index (χ1n) is 8.99. The average molecular weight is 465 g/mol. The van der Waals surface area contributed by atoms with Crippen LogP contribution in [-0.2, 0) is 5.72 Å². The van der Waals surface area contributed by atoms with E-state index in [0.717, 1.165) is 40.7 Å². The van der Waals surface area contributed by atoms with Crippen LogP contribution < -0.4 is 4.90 Å². The fraction of sp³-hybridized carbons (Fsp3) is 0.350. The number of β-amino-alcohol motifs (C(OH)–C–C–N with tert-alkyl or cyclic N) is 1. The highest BCUT2D eigenvalue weighted by atomic mass is 79.9. The number of anilines is 1. The number of halogens is 1. The predicted octanol–water partition coefficient (Wildman–Crippen LogP) is 3.96. The highest BCUT2D eigenvalue weighted by Crippen LogP contribution is 2.39. The number of nitrogens with zero attached hydrogens (tertiary/aromatic N) is 3. The molecule has 1 atom stereocenters. The first kappa shape index (κ1) is 20.8. The highest BCUT2D eigenvalue weighted by molar-refractivity contribution is 8.93. The summed E-state index contributed by atoms with van der Waals surface area (Å²) in [4.78, 5) is 13.0. The molecule has 0 fully saturated rings. The van der Waals surface area contributed by atoms with Crippen molar-refractivity contribution in [1.82, 2.24) is 0 Å². The molecule has 6 nitrogen and oxygen atoms in total. The molecule has 0 aliphatic carbocycles. The molecule has 0 saturated carbocycles. The number of amidine groups is 1. The summed E-state index contributed by atoms with van der Waals surface area (Å²) in [5, 5.41) is 23.9. The Hall–Kier alpha value is -1.90. The maximum Gasteiger partial charge on any atom is 0.316 e. The van der Waals surface area contributed by atoms with Gasteiger partial charge in [0.05, 0.1) is 11.5 Å². The molecule has 4 rings (SSSR count). The van der Waals surface area contributed by atoms with E-state index in [9.17, 15) is 15.2 Å². The molecule has 8 heteroatoms. The van der Waals surface area contributed by atoms with Crippen molar-refractivity contribution in [3.63, 3.8) is 0 Å². The molecule has 1 unspecified atom stereocenters. The fourth-order valence-corrected chi connectivity index (χ4v) is 4.99. The summed E-state index contributed by atoms with van der Waals surface area (Å²) in [7, 11) is 0. The van der Waals surface area contributed by atoms with Gasteiger partial charge in [-0.05, 0) is 49.2 Å². The maximum absolute atomic E-state index is 11.7. The third-order valence-corrected chi connectivity index (χ3v) is 6.41. The third-order valence-electron chi connectivity index (χ3n) is 5.22. The number of hydrogen-bond acceptors (Lipinski definition) is 5. The molecule has 0 amide bonds. The molecule has 2 aliphatic rings. The van der Waals surface area contributed by atoms with Crippen molar-refractivity contribution in [2.45, 2.75) is 26.0 Å². The van der Waals surface area contributed by atoms with Gasteiger partial charge < -0.3 is 5.11 Å². The van der Waals surface area contributed by atoms with E-state index in [1.165, 1.54) is 12.1 Å². The van der Waals surface area contributed by atoms with Crippen molar-refractivity contribution in [3.8, 4) is 0 Å². The van der Waals surface area contributed by atoms with E-state index in [0.29, 0.717) is 12.1 Å². The SMILES string of the molecule is Br.Cc1ccc(C)c(N2CC(O)(c3cccc([N+](=O)[O-])c3)[N+]3=C2SCCC3)c1. The van der Waals surface area contributed by atoms with Crippen molar-refractivity contribution >= 4 is 45.3 Å². The molecule has 0 saturated heterocycles. The van der Waals surface area contributed by atoms with E-state index in [4.69, 9.17) is 0 Å². The molecule has 2 heterocycles. The molecule has 0 radical (unpaired) electrons. The van der Waals surface area contributed by atoms with E-state index in [-0.39, 0.29) is 22.7 Å².